The first kappa shape index (κ1) is 13.1. The number of likely N-dealkylation sites (tertiary alicyclic amines) is 1. The highest BCUT2D eigenvalue weighted by Crippen LogP contribution is 2.13. The van der Waals surface area contributed by atoms with E-state index in [4.69, 9.17) is 0 Å². The predicted octanol–water partition coefficient (Wildman–Crippen LogP) is 2.27. The maximum absolute atomic E-state index is 11.9. The van der Waals surface area contributed by atoms with Gasteiger partial charge in [0.2, 0.25) is 5.91 Å². The molecule has 1 fully saturated rings. The van der Waals surface area contributed by atoms with Gasteiger partial charge in [-0.1, -0.05) is 29.8 Å². The molecule has 1 N–H and O–H groups in total. The molecule has 0 aliphatic carbocycles. The number of amides is 1. The van der Waals surface area contributed by atoms with Crippen LogP contribution in [0.25, 0.3) is 0 Å². The first-order valence-electron chi connectivity index (χ1n) is 6.74. The number of hydrogen-bond acceptors (Lipinski definition) is 2. The van der Waals surface area contributed by atoms with Gasteiger partial charge in [-0.3, -0.25) is 4.79 Å². The van der Waals surface area contributed by atoms with Crippen LogP contribution in [0.5, 0.6) is 0 Å². The standard InChI is InChI=1S/C15H22N2O/c1-12-5-7-14(8-6-12)13(2)16-11-15(18)17-9-3-4-10-17/h5-8,13,16H,3-4,9-11H2,1-2H3/t13-/m1/s1. The molecule has 1 aliphatic heterocycles. The second-order valence-corrected chi connectivity index (χ2v) is 5.10. The molecule has 0 bridgehead atoms. The van der Waals surface area contributed by atoms with E-state index in [-0.39, 0.29) is 11.9 Å². The number of rotatable bonds is 4. The maximum Gasteiger partial charge on any atom is 0.236 e. The number of hydrogen-bond donors (Lipinski definition) is 1. The van der Waals surface area contributed by atoms with E-state index in [1.54, 1.807) is 0 Å². The number of benzene rings is 1. The number of carbonyl (C=O) groups excluding carboxylic acids is 1. The summed E-state index contributed by atoms with van der Waals surface area (Å²) in [6.07, 6.45) is 2.30. The van der Waals surface area contributed by atoms with Gasteiger partial charge >= 0.3 is 0 Å². The normalized spacial score (nSPS) is 16.9. The zero-order chi connectivity index (χ0) is 13.0. The third-order valence-electron chi connectivity index (χ3n) is 3.60. The van der Waals surface area contributed by atoms with Crippen LogP contribution in [0, 0.1) is 6.92 Å². The quantitative estimate of drug-likeness (QED) is 0.884. The molecule has 3 heteroatoms. The molecule has 1 aliphatic rings. The van der Waals surface area contributed by atoms with Crippen molar-refractivity contribution in [2.24, 2.45) is 0 Å². The van der Waals surface area contributed by atoms with E-state index in [1.165, 1.54) is 11.1 Å². The molecule has 1 aromatic carbocycles. The molecule has 0 unspecified atom stereocenters. The molecule has 1 heterocycles. The maximum atomic E-state index is 11.9. The van der Waals surface area contributed by atoms with Gasteiger partial charge in [0.25, 0.3) is 0 Å². The van der Waals surface area contributed by atoms with Crippen molar-refractivity contribution in [1.82, 2.24) is 10.2 Å². The van der Waals surface area contributed by atoms with E-state index in [2.05, 4.69) is 43.4 Å². The second-order valence-electron chi connectivity index (χ2n) is 5.10. The van der Waals surface area contributed by atoms with Gasteiger partial charge in [-0.05, 0) is 32.3 Å². The van der Waals surface area contributed by atoms with Gasteiger partial charge in [-0.15, -0.1) is 0 Å². The van der Waals surface area contributed by atoms with Crippen LogP contribution in [0.4, 0.5) is 0 Å². The van der Waals surface area contributed by atoms with Crippen molar-refractivity contribution in [3.05, 3.63) is 35.4 Å². The Bertz CT molecular complexity index is 393. The second kappa shape index (κ2) is 6.01. The summed E-state index contributed by atoms with van der Waals surface area (Å²) in [6.45, 7) is 6.48. The van der Waals surface area contributed by atoms with Gasteiger partial charge in [0.15, 0.2) is 0 Å². The van der Waals surface area contributed by atoms with Crippen LogP contribution >= 0.6 is 0 Å². The average molecular weight is 246 g/mol. The van der Waals surface area contributed by atoms with Crippen molar-refractivity contribution >= 4 is 5.91 Å². The minimum absolute atomic E-state index is 0.220. The van der Waals surface area contributed by atoms with Crippen LogP contribution in [0.1, 0.15) is 36.9 Å². The van der Waals surface area contributed by atoms with Crippen LogP contribution < -0.4 is 5.32 Å². The highest BCUT2D eigenvalue weighted by Gasteiger charge is 2.18. The zero-order valence-electron chi connectivity index (χ0n) is 11.3. The molecular formula is C15H22N2O. The summed E-state index contributed by atoms with van der Waals surface area (Å²) in [7, 11) is 0. The molecule has 0 spiro atoms. The molecule has 1 amide bonds. The molecule has 18 heavy (non-hydrogen) atoms. The lowest BCUT2D eigenvalue weighted by molar-refractivity contribution is -0.129. The van der Waals surface area contributed by atoms with E-state index in [0.717, 1.165) is 25.9 Å². The number of nitrogens with one attached hydrogen (secondary N) is 1. The van der Waals surface area contributed by atoms with Crippen LogP contribution in [0.3, 0.4) is 0 Å². The third kappa shape index (κ3) is 3.33. The lowest BCUT2D eigenvalue weighted by Gasteiger charge is -2.18. The summed E-state index contributed by atoms with van der Waals surface area (Å²) >= 11 is 0. The Morgan fingerprint density at radius 3 is 2.50 bits per heavy atom. The van der Waals surface area contributed by atoms with Crippen molar-refractivity contribution in [1.29, 1.82) is 0 Å². The Morgan fingerprint density at radius 2 is 1.89 bits per heavy atom. The zero-order valence-corrected chi connectivity index (χ0v) is 11.3. The van der Waals surface area contributed by atoms with Crippen molar-refractivity contribution in [2.45, 2.75) is 32.7 Å². The van der Waals surface area contributed by atoms with Crippen LogP contribution in [0.15, 0.2) is 24.3 Å². The summed E-state index contributed by atoms with van der Waals surface area (Å²) in [5, 5.41) is 3.30. The van der Waals surface area contributed by atoms with Crippen LogP contribution in [-0.2, 0) is 4.79 Å². The smallest absolute Gasteiger partial charge is 0.236 e. The van der Waals surface area contributed by atoms with Gasteiger partial charge in [-0.25, -0.2) is 0 Å². The van der Waals surface area contributed by atoms with E-state index in [0.29, 0.717) is 6.54 Å². The van der Waals surface area contributed by atoms with Crippen LogP contribution in [0.2, 0.25) is 0 Å². The fourth-order valence-corrected chi connectivity index (χ4v) is 2.29. The molecule has 1 saturated heterocycles. The Kier molecular flexibility index (Phi) is 4.37. The van der Waals surface area contributed by atoms with E-state index in [1.807, 2.05) is 4.90 Å². The highest BCUT2D eigenvalue weighted by molar-refractivity contribution is 5.78. The summed E-state index contributed by atoms with van der Waals surface area (Å²) < 4.78 is 0. The summed E-state index contributed by atoms with van der Waals surface area (Å²) in [5.74, 6) is 0.228. The fourth-order valence-electron chi connectivity index (χ4n) is 2.29. The summed E-state index contributed by atoms with van der Waals surface area (Å²) in [5.41, 5.74) is 2.49. The molecule has 0 radical (unpaired) electrons. The lowest BCUT2D eigenvalue weighted by atomic mass is 10.1. The average Bonchev–Trinajstić information content (AvgIpc) is 2.90. The van der Waals surface area contributed by atoms with Crippen molar-refractivity contribution in [3.63, 3.8) is 0 Å². The SMILES string of the molecule is Cc1ccc([C@@H](C)NCC(=O)N2CCCC2)cc1. The van der Waals surface area contributed by atoms with Gasteiger partial charge in [0.05, 0.1) is 6.54 Å². The van der Waals surface area contributed by atoms with E-state index < -0.39 is 0 Å². The molecule has 1 aromatic rings. The molecule has 1 atom stereocenters. The topological polar surface area (TPSA) is 32.3 Å². The fraction of sp³-hybridized carbons (Fsp3) is 0.533. The lowest BCUT2D eigenvalue weighted by Crippen LogP contribution is -2.37. The van der Waals surface area contributed by atoms with Gasteiger partial charge in [-0.2, -0.15) is 0 Å². The van der Waals surface area contributed by atoms with Crippen molar-refractivity contribution in [2.75, 3.05) is 19.6 Å². The Labute approximate surface area is 109 Å². The Morgan fingerprint density at radius 1 is 1.28 bits per heavy atom. The number of aryl methyl sites for hydroxylation is 1. The molecule has 0 aromatic heterocycles. The number of nitrogens with zero attached hydrogens (tertiary/aromatic N) is 1. The first-order chi connectivity index (χ1) is 8.66. The van der Waals surface area contributed by atoms with Crippen molar-refractivity contribution < 1.29 is 4.79 Å². The number of carbonyl (C=O) groups is 1. The van der Waals surface area contributed by atoms with E-state index >= 15 is 0 Å². The largest absolute Gasteiger partial charge is 0.342 e. The summed E-state index contributed by atoms with van der Waals surface area (Å²) in [4.78, 5) is 13.9. The minimum Gasteiger partial charge on any atom is -0.342 e. The Balaban J connectivity index is 1.82. The first-order valence-corrected chi connectivity index (χ1v) is 6.74. The predicted molar refractivity (Wildman–Crippen MR) is 73.4 cm³/mol. The van der Waals surface area contributed by atoms with E-state index in [9.17, 15) is 4.79 Å². The van der Waals surface area contributed by atoms with Gasteiger partial charge in [0.1, 0.15) is 0 Å². The molecule has 0 saturated carbocycles. The third-order valence-corrected chi connectivity index (χ3v) is 3.60. The molecule has 3 nitrogen and oxygen atoms in total. The molecular weight excluding hydrogens is 224 g/mol. The monoisotopic (exact) mass is 246 g/mol. The Hall–Kier alpha value is -1.35. The van der Waals surface area contributed by atoms with Crippen LogP contribution in [-0.4, -0.2) is 30.4 Å². The van der Waals surface area contributed by atoms with Gasteiger partial charge in [0, 0.05) is 19.1 Å². The molecule has 2 rings (SSSR count). The summed E-state index contributed by atoms with van der Waals surface area (Å²) in [6, 6.07) is 8.67. The minimum atomic E-state index is 0.220. The van der Waals surface area contributed by atoms with Crippen molar-refractivity contribution in [3.8, 4) is 0 Å². The highest BCUT2D eigenvalue weighted by atomic mass is 16.2. The van der Waals surface area contributed by atoms with Gasteiger partial charge < -0.3 is 10.2 Å². The molecule has 98 valence electrons.